The van der Waals surface area contributed by atoms with Crippen molar-refractivity contribution >= 4 is 11.9 Å². The number of allylic oxidation sites excluding steroid dienone is 10. The van der Waals surface area contributed by atoms with Crippen LogP contribution in [0.5, 0.6) is 0 Å². The summed E-state index contributed by atoms with van der Waals surface area (Å²) in [4.78, 5) is 26.2. The molecule has 3 unspecified atom stereocenters. The van der Waals surface area contributed by atoms with Crippen LogP contribution in [-0.4, -0.2) is 46.9 Å². The van der Waals surface area contributed by atoms with Crippen LogP contribution < -0.4 is 5.32 Å². The second-order valence-corrected chi connectivity index (χ2v) is 18.4. The van der Waals surface area contributed by atoms with Gasteiger partial charge in [-0.1, -0.05) is 236 Å². The van der Waals surface area contributed by atoms with Crippen molar-refractivity contribution < 1.29 is 24.5 Å². The van der Waals surface area contributed by atoms with Crippen LogP contribution in [0.25, 0.3) is 0 Å². The molecular formula is C57H103NO5. The van der Waals surface area contributed by atoms with Gasteiger partial charge in [0.1, 0.15) is 6.10 Å². The molecule has 0 aliphatic rings. The smallest absolute Gasteiger partial charge is 0.306 e. The quantitative estimate of drug-likeness (QED) is 0.0245. The minimum Gasteiger partial charge on any atom is -0.462 e. The van der Waals surface area contributed by atoms with Crippen LogP contribution in [0.4, 0.5) is 0 Å². The van der Waals surface area contributed by atoms with Gasteiger partial charge >= 0.3 is 5.97 Å². The van der Waals surface area contributed by atoms with E-state index < -0.39 is 18.2 Å². The Bertz CT molecular complexity index is 1130. The lowest BCUT2D eigenvalue weighted by molar-refractivity contribution is -0.151. The summed E-state index contributed by atoms with van der Waals surface area (Å²) < 4.78 is 5.93. The molecular weight excluding hydrogens is 779 g/mol. The van der Waals surface area contributed by atoms with Gasteiger partial charge in [-0.05, 0) is 77.0 Å². The van der Waals surface area contributed by atoms with Crippen molar-refractivity contribution in [1.29, 1.82) is 0 Å². The fourth-order valence-electron chi connectivity index (χ4n) is 8.03. The first-order valence-electron chi connectivity index (χ1n) is 27.1. The van der Waals surface area contributed by atoms with E-state index in [1.165, 1.54) is 122 Å². The van der Waals surface area contributed by atoms with Crippen LogP contribution >= 0.6 is 0 Å². The number of hydrogen-bond donors (Lipinski definition) is 3. The van der Waals surface area contributed by atoms with E-state index in [2.05, 4.69) is 86.8 Å². The Labute approximate surface area is 390 Å². The van der Waals surface area contributed by atoms with Gasteiger partial charge in [-0.15, -0.1) is 0 Å². The van der Waals surface area contributed by atoms with Gasteiger partial charge < -0.3 is 20.3 Å². The third-order valence-electron chi connectivity index (χ3n) is 12.2. The van der Waals surface area contributed by atoms with Gasteiger partial charge in [-0.3, -0.25) is 9.59 Å². The minimum absolute atomic E-state index is 0.0566. The Morgan fingerprint density at radius 1 is 0.460 bits per heavy atom. The molecule has 0 aromatic heterocycles. The SMILES string of the molecule is CCCCC/C=C/C=C/C=C/C=C/CCCCCCCC(=O)OC(CCCCC/C=C/CCCCCCCCC)CC(=O)NC(CO)C(O)CCCCCCCCCCCCCC. The lowest BCUT2D eigenvalue weighted by Gasteiger charge is -2.24. The summed E-state index contributed by atoms with van der Waals surface area (Å²) in [5, 5.41) is 23.8. The summed E-state index contributed by atoms with van der Waals surface area (Å²) in [6.07, 6.45) is 62.7. The van der Waals surface area contributed by atoms with Crippen molar-refractivity contribution in [2.24, 2.45) is 0 Å². The van der Waals surface area contributed by atoms with Gasteiger partial charge in [0.05, 0.1) is 25.2 Å². The Morgan fingerprint density at radius 2 is 0.825 bits per heavy atom. The van der Waals surface area contributed by atoms with Crippen molar-refractivity contribution in [3.05, 3.63) is 60.8 Å². The number of hydrogen-bond acceptors (Lipinski definition) is 5. The van der Waals surface area contributed by atoms with Gasteiger partial charge in [-0.2, -0.15) is 0 Å². The molecule has 0 rings (SSSR count). The molecule has 0 saturated heterocycles. The van der Waals surface area contributed by atoms with Crippen LogP contribution in [0.2, 0.25) is 0 Å². The Kier molecular flexibility index (Phi) is 48.6. The van der Waals surface area contributed by atoms with Crippen LogP contribution in [0.3, 0.4) is 0 Å². The van der Waals surface area contributed by atoms with E-state index in [1.54, 1.807) is 0 Å². The van der Waals surface area contributed by atoms with Gasteiger partial charge in [0, 0.05) is 6.42 Å². The minimum atomic E-state index is -0.797. The molecule has 0 fully saturated rings. The van der Waals surface area contributed by atoms with Gasteiger partial charge in [0.2, 0.25) is 5.91 Å². The van der Waals surface area contributed by atoms with E-state index in [1.807, 2.05) is 0 Å². The summed E-state index contributed by atoms with van der Waals surface area (Å²) in [5.74, 6) is -0.511. The van der Waals surface area contributed by atoms with Crippen LogP contribution in [-0.2, 0) is 14.3 Å². The number of amides is 1. The first-order valence-corrected chi connectivity index (χ1v) is 27.1. The zero-order chi connectivity index (χ0) is 45.9. The normalized spacial score (nSPS) is 13.7. The van der Waals surface area contributed by atoms with E-state index in [4.69, 9.17) is 4.74 Å². The molecule has 0 saturated carbocycles. The Balaban J connectivity index is 4.64. The van der Waals surface area contributed by atoms with E-state index in [0.717, 1.165) is 96.3 Å². The number of esters is 1. The highest BCUT2D eigenvalue weighted by atomic mass is 16.5. The van der Waals surface area contributed by atoms with E-state index in [-0.39, 0.29) is 24.9 Å². The highest BCUT2D eigenvalue weighted by Crippen LogP contribution is 2.17. The van der Waals surface area contributed by atoms with E-state index in [0.29, 0.717) is 19.3 Å². The molecule has 0 aliphatic carbocycles. The third kappa shape index (κ3) is 45.9. The zero-order valence-corrected chi connectivity index (χ0v) is 41.7. The number of unbranched alkanes of at least 4 members (excludes halogenated alkanes) is 29. The highest BCUT2D eigenvalue weighted by molar-refractivity contribution is 5.77. The predicted octanol–water partition coefficient (Wildman–Crippen LogP) is 16.4. The highest BCUT2D eigenvalue weighted by Gasteiger charge is 2.24. The standard InChI is InChI=1S/C57H103NO5/c1-4-7-10-13-16-19-22-25-27-28-29-30-32-35-38-41-44-47-50-57(62)63-53(48-45-42-39-36-33-31-26-23-20-17-14-11-8-5-2)51-56(61)58-54(52-59)55(60)49-46-43-40-37-34-24-21-18-15-12-9-6-3/h16,19,22,25,27-31,33,53-55,59-60H,4-15,17-18,20-21,23-24,26,32,34-52H2,1-3H3,(H,58,61)/b19-16+,25-22+,28-27+,30-29+,33-31+. The maximum absolute atomic E-state index is 13.2. The number of carbonyl (C=O) groups is 2. The number of ether oxygens (including phenoxy) is 1. The predicted molar refractivity (Wildman–Crippen MR) is 273 cm³/mol. The fraction of sp³-hybridized carbons (Fsp3) is 0.789. The topological polar surface area (TPSA) is 95.9 Å². The van der Waals surface area contributed by atoms with Crippen molar-refractivity contribution in [3.63, 3.8) is 0 Å². The van der Waals surface area contributed by atoms with Gasteiger partial charge in [0.25, 0.3) is 0 Å². The second kappa shape index (κ2) is 50.6. The molecule has 63 heavy (non-hydrogen) atoms. The largest absolute Gasteiger partial charge is 0.462 e. The Hall–Kier alpha value is -2.44. The van der Waals surface area contributed by atoms with Crippen LogP contribution in [0.15, 0.2) is 60.8 Å². The molecule has 0 heterocycles. The average Bonchev–Trinajstić information content (AvgIpc) is 3.28. The lowest BCUT2D eigenvalue weighted by atomic mass is 10.0. The molecule has 6 nitrogen and oxygen atoms in total. The molecule has 3 N–H and O–H groups in total. The summed E-state index contributed by atoms with van der Waals surface area (Å²) in [7, 11) is 0. The van der Waals surface area contributed by atoms with Crippen molar-refractivity contribution in [1.82, 2.24) is 5.32 Å². The molecule has 0 aromatic rings. The summed E-state index contributed by atoms with van der Waals surface area (Å²) >= 11 is 0. The van der Waals surface area contributed by atoms with E-state index >= 15 is 0 Å². The maximum Gasteiger partial charge on any atom is 0.306 e. The van der Waals surface area contributed by atoms with Gasteiger partial charge in [-0.25, -0.2) is 0 Å². The third-order valence-corrected chi connectivity index (χ3v) is 12.2. The summed E-state index contributed by atoms with van der Waals surface area (Å²) in [5.41, 5.74) is 0. The molecule has 6 heteroatoms. The van der Waals surface area contributed by atoms with Crippen molar-refractivity contribution in [2.75, 3.05) is 6.61 Å². The molecule has 0 spiro atoms. The second-order valence-electron chi connectivity index (χ2n) is 18.4. The molecule has 0 bridgehead atoms. The number of aliphatic hydroxyl groups is 2. The Morgan fingerprint density at radius 3 is 1.32 bits per heavy atom. The molecule has 0 radical (unpaired) electrons. The summed E-state index contributed by atoms with van der Waals surface area (Å²) in [6.45, 7) is 6.44. The maximum atomic E-state index is 13.2. The molecule has 366 valence electrons. The molecule has 3 atom stereocenters. The molecule has 0 aliphatic heterocycles. The lowest BCUT2D eigenvalue weighted by Crippen LogP contribution is -2.46. The monoisotopic (exact) mass is 882 g/mol. The summed E-state index contributed by atoms with van der Waals surface area (Å²) in [6, 6.07) is -0.712. The van der Waals surface area contributed by atoms with Crippen molar-refractivity contribution in [2.45, 2.75) is 283 Å². The van der Waals surface area contributed by atoms with Crippen LogP contribution in [0, 0.1) is 0 Å². The van der Waals surface area contributed by atoms with Crippen LogP contribution in [0.1, 0.15) is 265 Å². The first kappa shape index (κ1) is 60.6. The number of carbonyl (C=O) groups excluding carboxylic acids is 2. The van der Waals surface area contributed by atoms with Crippen molar-refractivity contribution in [3.8, 4) is 0 Å². The van der Waals surface area contributed by atoms with E-state index in [9.17, 15) is 19.8 Å². The fourth-order valence-corrected chi connectivity index (χ4v) is 8.03. The number of nitrogens with one attached hydrogen (secondary N) is 1. The molecule has 0 aromatic carbocycles. The van der Waals surface area contributed by atoms with Gasteiger partial charge in [0.15, 0.2) is 0 Å². The molecule has 1 amide bonds. The zero-order valence-electron chi connectivity index (χ0n) is 41.7. The first-order chi connectivity index (χ1) is 31.0. The number of aliphatic hydroxyl groups excluding tert-OH is 2. The number of rotatable bonds is 48. The average molecular weight is 882 g/mol.